The fourth-order valence-electron chi connectivity index (χ4n) is 2.99. The first kappa shape index (κ1) is 19.5. The summed E-state index contributed by atoms with van der Waals surface area (Å²) in [6.07, 6.45) is 5.94. The molecule has 0 radical (unpaired) electrons. The van der Waals surface area contributed by atoms with Crippen LogP contribution in [-0.4, -0.2) is 37.7 Å². The maximum atomic E-state index is 12.4. The van der Waals surface area contributed by atoms with Crippen LogP contribution in [0.3, 0.4) is 0 Å². The summed E-state index contributed by atoms with van der Waals surface area (Å²) in [5.41, 5.74) is 0. The van der Waals surface area contributed by atoms with Gasteiger partial charge in [0.15, 0.2) is 5.76 Å². The Morgan fingerprint density at radius 3 is 2.52 bits per heavy atom. The van der Waals surface area contributed by atoms with Crippen molar-refractivity contribution in [1.82, 2.24) is 10.0 Å². The number of nitrogens with one attached hydrogen (secondary N) is 2. The first-order valence-electron chi connectivity index (χ1n) is 8.33. The molecule has 0 saturated heterocycles. The van der Waals surface area contributed by atoms with Crippen molar-refractivity contribution in [2.45, 2.75) is 51.1 Å². The third-order valence-corrected chi connectivity index (χ3v) is 4.96. The van der Waals surface area contributed by atoms with Gasteiger partial charge in [-0.1, -0.05) is 25.7 Å². The molecule has 1 aliphatic carbocycles. The summed E-state index contributed by atoms with van der Waals surface area (Å²) in [5, 5.41) is 12.2. The van der Waals surface area contributed by atoms with Gasteiger partial charge in [0, 0.05) is 6.04 Å². The van der Waals surface area contributed by atoms with Crippen LogP contribution in [0.25, 0.3) is 0 Å². The Kier molecular flexibility index (Phi) is 6.60. The maximum Gasteiger partial charge on any atom is 0.308 e. The van der Waals surface area contributed by atoms with Crippen LogP contribution in [0.5, 0.6) is 0 Å². The van der Waals surface area contributed by atoms with E-state index in [1.165, 1.54) is 12.1 Å². The Morgan fingerprint density at radius 2 is 1.88 bits per heavy atom. The van der Waals surface area contributed by atoms with Gasteiger partial charge in [-0.25, -0.2) is 13.1 Å². The van der Waals surface area contributed by atoms with Crippen molar-refractivity contribution in [2.24, 2.45) is 5.92 Å². The van der Waals surface area contributed by atoms with Gasteiger partial charge in [-0.2, -0.15) is 0 Å². The molecule has 1 heterocycles. The SMILES string of the molecule is CS(=O)(=O)NCc1ccc(C(=O)NC2CCCCCCC2C(=O)O)o1. The van der Waals surface area contributed by atoms with Crippen LogP contribution in [-0.2, 0) is 21.4 Å². The number of amides is 1. The highest BCUT2D eigenvalue weighted by molar-refractivity contribution is 7.88. The molecule has 2 atom stereocenters. The molecule has 1 amide bonds. The number of hydrogen-bond donors (Lipinski definition) is 3. The number of carbonyl (C=O) groups is 2. The number of sulfonamides is 1. The number of furan rings is 1. The quantitative estimate of drug-likeness (QED) is 0.694. The number of carboxylic acid groups (broad SMARTS) is 1. The van der Waals surface area contributed by atoms with Crippen LogP contribution in [0.1, 0.15) is 54.8 Å². The molecule has 1 aromatic rings. The van der Waals surface area contributed by atoms with Crippen LogP contribution in [0.4, 0.5) is 0 Å². The fraction of sp³-hybridized carbons (Fsp3) is 0.625. The van der Waals surface area contributed by atoms with E-state index in [4.69, 9.17) is 4.42 Å². The lowest BCUT2D eigenvalue weighted by Crippen LogP contribution is -2.43. The molecule has 1 saturated carbocycles. The molecule has 2 unspecified atom stereocenters. The number of aliphatic carboxylic acids is 1. The van der Waals surface area contributed by atoms with Crippen LogP contribution >= 0.6 is 0 Å². The van der Waals surface area contributed by atoms with E-state index in [9.17, 15) is 23.1 Å². The van der Waals surface area contributed by atoms with Crippen LogP contribution in [0.2, 0.25) is 0 Å². The summed E-state index contributed by atoms with van der Waals surface area (Å²) in [6, 6.07) is 2.53. The second-order valence-electron chi connectivity index (χ2n) is 6.38. The van der Waals surface area contributed by atoms with E-state index in [-0.39, 0.29) is 12.3 Å². The van der Waals surface area contributed by atoms with Gasteiger partial charge < -0.3 is 14.8 Å². The lowest BCUT2D eigenvalue weighted by molar-refractivity contribution is -0.143. The molecule has 9 heteroatoms. The van der Waals surface area contributed by atoms with Gasteiger partial charge >= 0.3 is 5.97 Å². The lowest BCUT2D eigenvalue weighted by Gasteiger charge is -2.26. The minimum atomic E-state index is -3.36. The molecule has 1 fully saturated rings. The van der Waals surface area contributed by atoms with Gasteiger partial charge in [0.1, 0.15) is 5.76 Å². The topological polar surface area (TPSA) is 126 Å². The number of carbonyl (C=O) groups excluding carboxylic acids is 1. The predicted octanol–water partition coefficient (Wildman–Crippen LogP) is 1.48. The largest absolute Gasteiger partial charge is 0.481 e. The summed E-state index contributed by atoms with van der Waals surface area (Å²) < 4.78 is 29.8. The molecular weight excluding hydrogens is 348 g/mol. The highest BCUT2D eigenvalue weighted by Gasteiger charge is 2.30. The van der Waals surface area contributed by atoms with Gasteiger partial charge in [-0.05, 0) is 25.0 Å². The van der Waals surface area contributed by atoms with Crippen molar-refractivity contribution in [3.05, 3.63) is 23.7 Å². The zero-order valence-corrected chi connectivity index (χ0v) is 15.0. The molecule has 25 heavy (non-hydrogen) atoms. The van der Waals surface area contributed by atoms with E-state index in [1.54, 1.807) is 0 Å². The van der Waals surface area contributed by atoms with Gasteiger partial charge in [-0.15, -0.1) is 0 Å². The molecule has 140 valence electrons. The van der Waals surface area contributed by atoms with Crippen molar-refractivity contribution in [2.75, 3.05) is 6.26 Å². The Labute approximate surface area is 147 Å². The van der Waals surface area contributed by atoms with Gasteiger partial charge in [0.05, 0.1) is 18.7 Å². The standard InChI is InChI=1S/C16H24N2O6S/c1-25(22,23)17-10-11-8-9-14(24-11)15(19)18-13-7-5-3-2-4-6-12(13)16(20)21/h8-9,12-13,17H,2-7,10H2,1H3,(H,18,19)(H,20,21). The van der Waals surface area contributed by atoms with Gasteiger partial charge in [0.25, 0.3) is 5.91 Å². The molecule has 0 spiro atoms. The summed E-state index contributed by atoms with van der Waals surface area (Å²) >= 11 is 0. The molecule has 0 bridgehead atoms. The first-order chi connectivity index (χ1) is 11.8. The Hall–Kier alpha value is -1.87. The Bertz CT molecular complexity index is 712. The Morgan fingerprint density at radius 1 is 1.20 bits per heavy atom. The highest BCUT2D eigenvalue weighted by Crippen LogP contribution is 2.23. The highest BCUT2D eigenvalue weighted by atomic mass is 32.2. The molecule has 0 aliphatic heterocycles. The fourth-order valence-corrected chi connectivity index (χ4v) is 3.39. The van der Waals surface area contributed by atoms with E-state index < -0.39 is 33.9 Å². The average molecular weight is 372 g/mol. The second kappa shape index (κ2) is 8.48. The van der Waals surface area contributed by atoms with E-state index in [0.717, 1.165) is 31.9 Å². The monoisotopic (exact) mass is 372 g/mol. The normalized spacial score (nSPS) is 22.0. The Balaban J connectivity index is 2.01. The third-order valence-electron chi connectivity index (χ3n) is 4.29. The van der Waals surface area contributed by atoms with Crippen molar-refractivity contribution < 1.29 is 27.5 Å². The van der Waals surface area contributed by atoms with E-state index in [1.807, 2.05) is 0 Å². The van der Waals surface area contributed by atoms with Crippen molar-refractivity contribution >= 4 is 21.9 Å². The number of hydrogen-bond acceptors (Lipinski definition) is 5. The molecule has 0 aromatic carbocycles. The van der Waals surface area contributed by atoms with Crippen molar-refractivity contribution in [1.29, 1.82) is 0 Å². The smallest absolute Gasteiger partial charge is 0.308 e. The molecular formula is C16H24N2O6S. The van der Waals surface area contributed by atoms with Crippen LogP contribution in [0.15, 0.2) is 16.5 Å². The van der Waals surface area contributed by atoms with Gasteiger partial charge in [0.2, 0.25) is 10.0 Å². The number of carboxylic acids is 1. The summed E-state index contributed by atoms with van der Waals surface area (Å²) in [4.78, 5) is 23.8. The minimum Gasteiger partial charge on any atom is -0.481 e. The van der Waals surface area contributed by atoms with Crippen LogP contribution < -0.4 is 10.0 Å². The molecule has 1 aromatic heterocycles. The maximum absolute atomic E-state index is 12.4. The molecule has 2 rings (SSSR count). The molecule has 3 N–H and O–H groups in total. The van der Waals surface area contributed by atoms with Crippen molar-refractivity contribution in [3.63, 3.8) is 0 Å². The third kappa shape index (κ3) is 6.17. The summed E-state index contributed by atoms with van der Waals surface area (Å²) in [7, 11) is -3.36. The minimum absolute atomic E-state index is 0.0384. The molecule has 8 nitrogen and oxygen atoms in total. The van der Waals surface area contributed by atoms with E-state index in [2.05, 4.69) is 10.0 Å². The van der Waals surface area contributed by atoms with Gasteiger partial charge in [-0.3, -0.25) is 9.59 Å². The molecule has 1 aliphatic rings. The summed E-state index contributed by atoms with van der Waals surface area (Å²) in [5.74, 6) is -1.64. The first-order valence-corrected chi connectivity index (χ1v) is 10.2. The summed E-state index contributed by atoms with van der Waals surface area (Å²) in [6.45, 7) is -0.0483. The zero-order chi connectivity index (χ0) is 18.4. The van der Waals surface area contributed by atoms with E-state index >= 15 is 0 Å². The second-order valence-corrected chi connectivity index (χ2v) is 8.21. The average Bonchev–Trinajstić information content (AvgIpc) is 2.96. The lowest BCUT2D eigenvalue weighted by atomic mass is 9.86. The predicted molar refractivity (Wildman–Crippen MR) is 90.5 cm³/mol. The zero-order valence-electron chi connectivity index (χ0n) is 14.2. The van der Waals surface area contributed by atoms with E-state index in [0.29, 0.717) is 18.6 Å². The number of rotatable bonds is 6. The van der Waals surface area contributed by atoms with Crippen molar-refractivity contribution in [3.8, 4) is 0 Å². The van der Waals surface area contributed by atoms with Crippen LogP contribution in [0, 0.1) is 5.92 Å².